The molecule has 2 rings (SSSR count). The second kappa shape index (κ2) is 6.17. The molecule has 2 aromatic rings. The Hall–Kier alpha value is -2.70. The fourth-order valence-corrected chi connectivity index (χ4v) is 1.87. The molecule has 1 atom stereocenters. The number of nitrogens with one attached hydrogen (secondary N) is 1. The summed E-state index contributed by atoms with van der Waals surface area (Å²) in [6, 6.07) is 5.81. The SMILES string of the molecule is CC(C)[C@H](NC(=O)c1cccc(-n2ccnn2)c1)C(=O)O. The maximum Gasteiger partial charge on any atom is 0.326 e. The van der Waals surface area contributed by atoms with E-state index in [1.807, 2.05) is 0 Å². The first-order chi connectivity index (χ1) is 9.99. The minimum atomic E-state index is -1.05. The molecule has 0 radical (unpaired) electrons. The Balaban J connectivity index is 2.20. The number of nitrogens with zero attached hydrogens (tertiary/aromatic N) is 3. The van der Waals surface area contributed by atoms with E-state index in [9.17, 15) is 9.59 Å². The highest BCUT2D eigenvalue weighted by Crippen LogP contribution is 2.10. The van der Waals surface area contributed by atoms with Crippen molar-refractivity contribution in [1.82, 2.24) is 20.3 Å². The highest BCUT2D eigenvalue weighted by molar-refractivity contribution is 5.97. The molecule has 1 heterocycles. The largest absolute Gasteiger partial charge is 0.480 e. The van der Waals surface area contributed by atoms with E-state index in [4.69, 9.17) is 5.11 Å². The third-order valence-corrected chi connectivity index (χ3v) is 3.01. The predicted molar refractivity (Wildman–Crippen MR) is 75.1 cm³/mol. The van der Waals surface area contributed by atoms with Crippen LogP contribution in [0.15, 0.2) is 36.7 Å². The van der Waals surface area contributed by atoms with Crippen LogP contribution >= 0.6 is 0 Å². The van der Waals surface area contributed by atoms with Crippen LogP contribution in [0.1, 0.15) is 24.2 Å². The summed E-state index contributed by atoms with van der Waals surface area (Å²) in [5.41, 5.74) is 1.05. The first-order valence-corrected chi connectivity index (χ1v) is 6.49. The van der Waals surface area contributed by atoms with Gasteiger partial charge in [0.05, 0.1) is 18.1 Å². The number of hydrogen-bond donors (Lipinski definition) is 2. The van der Waals surface area contributed by atoms with Gasteiger partial charge < -0.3 is 10.4 Å². The number of carbonyl (C=O) groups is 2. The second-order valence-corrected chi connectivity index (χ2v) is 4.93. The smallest absolute Gasteiger partial charge is 0.326 e. The van der Waals surface area contributed by atoms with Gasteiger partial charge >= 0.3 is 5.97 Å². The van der Waals surface area contributed by atoms with Crippen molar-refractivity contribution >= 4 is 11.9 Å². The van der Waals surface area contributed by atoms with E-state index >= 15 is 0 Å². The van der Waals surface area contributed by atoms with Crippen LogP contribution in [0.2, 0.25) is 0 Å². The van der Waals surface area contributed by atoms with Crippen molar-refractivity contribution in [2.75, 3.05) is 0 Å². The van der Waals surface area contributed by atoms with Crippen molar-refractivity contribution in [3.63, 3.8) is 0 Å². The Morgan fingerprint density at radius 2 is 2.10 bits per heavy atom. The number of rotatable bonds is 5. The van der Waals surface area contributed by atoms with Gasteiger partial charge in [0, 0.05) is 5.56 Å². The van der Waals surface area contributed by atoms with E-state index in [0.29, 0.717) is 11.3 Å². The number of carboxylic acid groups (broad SMARTS) is 1. The average molecular weight is 288 g/mol. The molecule has 2 N–H and O–H groups in total. The minimum absolute atomic E-state index is 0.204. The molecule has 110 valence electrons. The Labute approximate surface area is 121 Å². The van der Waals surface area contributed by atoms with Gasteiger partial charge in [0.25, 0.3) is 5.91 Å². The first kappa shape index (κ1) is 14.7. The van der Waals surface area contributed by atoms with Crippen molar-refractivity contribution in [2.45, 2.75) is 19.9 Å². The molecule has 0 unspecified atom stereocenters. The van der Waals surface area contributed by atoms with Crippen LogP contribution in [-0.4, -0.2) is 38.0 Å². The summed E-state index contributed by atoms with van der Waals surface area (Å²) < 4.78 is 1.52. The molecular weight excluding hydrogens is 272 g/mol. The summed E-state index contributed by atoms with van der Waals surface area (Å²) in [6.45, 7) is 3.48. The van der Waals surface area contributed by atoms with Gasteiger partial charge in [0.2, 0.25) is 0 Å². The van der Waals surface area contributed by atoms with E-state index in [0.717, 1.165) is 0 Å². The maximum absolute atomic E-state index is 12.2. The lowest BCUT2D eigenvalue weighted by molar-refractivity contribution is -0.140. The zero-order valence-electron chi connectivity index (χ0n) is 11.7. The van der Waals surface area contributed by atoms with Gasteiger partial charge in [0.15, 0.2) is 0 Å². The number of aliphatic carboxylic acids is 1. The van der Waals surface area contributed by atoms with Gasteiger partial charge in [-0.15, -0.1) is 5.10 Å². The number of carboxylic acids is 1. The zero-order valence-corrected chi connectivity index (χ0v) is 11.7. The molecule has 0 aliphatic rings. The summed E-state index contributed by atoms with van der Waals surface area (Å²) in [5.74, 6) is -1.69. The fraction of sp³-hybridized carbons (Fsp3) is 0.286. The lowest BCUT2D eigenvalue weighted by Crippen LogP contribution is -2.44. The van der Waals surface area contributed by atoms with Crippen molar-refractivity contribution in [3.05, 3.63) is 42.2 Å². The Bertz CT molecular complexity index is 637. The molecule has 1 amide bonds. The number of amides is 1. The van der Waals surface area contributed by atoms with Crippen LogP contribution in [0.3, 0.4) is 0 Å². The molecule has 0 saturated heterocycles. The zero-order chi connectivity index (χ0) is 15.4. The lowest BCUT2D eigenvalue weighted by Gasteiger charge is -2.18. The normalized spacial score (nSPS) is 12.1. The number of benzene rings is 1. The molecule has 1 aromatic carbocycles. The molecule has 7 nitrogen and oxygen atoms in total. The Kier molecular flexibility index (Phi) is 4.32. The van der Waals surface area contributed by atoms with E-state index in [1.165, 1.54) is 10.9 Å². The van der Waals surface area contributed by atoms with E-state index in [1.54, 1.807) is 44.3 Å². The molecular formula is C14H16N4O3. The predicted octanol–water partition coefficient (Wildman–Crippen LogP) is 1.11. The van der Waals surface area contributed by atoms with Crippen LogP contribution in [-0.2, 0) is 4.79 Å². The molecule has 0 saturated carbocycles. The maximum atomic E-state index is 12.2. The highest BCUT2D eigenvalue weighted by atomic mass is 16.4. The standard InChI is InChI=1S/C14H16N4O3/c1-9(2)12(14(20)21)16-13(19)10-4-3-5-11(8-10)18-7-6-15-17-18/h3-9,12H,1-2H3,(H,16,19)(H,20,21)/t12-/m0/s1. The third kappa shape index (κ3) is 3.44. The van der Waals surface area contributed by atoms with Gasteiger partial charge in [-0.3, -0.25) is 4.79 Å². The van der Waals surface area contributed by atoms with Crippen molar-refractivity contribution < 1.29 is 14.7 Å². The number of aromatic nitrogens is 3. The van der Waals surface area contributed by atoms with Crippen LogP contribution < -0.4 is 5.32 Å². The van der Waals surface area contributed by atoms with E-state index in [2.05, 4.69) is 15.6 Å². The summed E-state index contributed by atoms with van der Waals surface area (Å²) in [4.78, 5) is 23.3. The third-order valence-electron chi connectivity index (χ3n) is 3.01. The van der Waals surface area contributed by atoms with Crippen molar-refractivity contribution in [2.24, 2.45) is 5.92 Å². The summed E-state index contributed by atoms with van der Waals surface area (Å²) in [5, 5.41) is 19.2. The van der Waals surface area contributed by atoms with E-state index < -0.39 is 17.9 Å². The van der Waals surface area contributed by atoms with Crippen LogP contribution in [0, 0.1) is 5.92 Å². The summed E-state index contributed by atoms with van der Waals surface area (Å²) in [6.07, 6.45) is 3.19. The molecule has 7 heteroatoms. The van der Waals surface area contributed by atoms with Crippen molar-refractivity contribution in [1.29, 1.82) is 0 Å². The topological polar surface area (TPSA) is 97.1 Å². The first-order valence-electron chi connectivity index (χ1n) is 6.49. The van der Waals surface area contributed by atoms with Gasteiger partial charge in [-0.25, -0.2) is 9.48 Å². The quantitative estimate of drug-likeness (QED) is 0.859. The van der Waals surface area contributed by atoms with Gasteiger partial charge in [0.1, 0.15) is 6.04 Å². The summed E-state index contributed by atoms with van der Waals surface area (Å²) in [7, 11) is 0. The number of hydrogen-bond acceptors (Lipinski definition) is 4. The van der Waals surface area contributed by atoms with E-state index in [-0.39, 0.29) is 5.92 Å². The molecule has 0 bridgehead atoms. The molecule has 0 fully saturated rings. The monoisotopic (exact) mass is 288 g/mol. The van der Waals surface area contributed by atoms with Crippen molar-refractivity contribution in [3.8, 4) is 5.69 Å². The van der Waals surface area contributed by atoms with Crippen LogP contribution in [0.5, 0.6) is 0 Å². The molecule has 1 aromatic heterocycles. The average Bonchev–Trinajstić information content (AvgIpc) is 2.98. The fourth-order valence-electron chi connectivity index (χ4n) is 1.87. The molecule has 0 spiro atoms. The van der Waals surface area contributed by atoms with Gasteiger partial charge in [-0.2, -0.15) is 0 Å². The lowest BCUT2D eigenvalue weighted by atomic mass is 10.0. The minimum Gasteiger partial charge on any atom is -0.480 e. The molecule has 0 aliphatic heterocycles. The van der Waals surface area contributed by atoms with Gasteiger partial charge in [-0.1, -0.05) is 25.1 Å². The Morgan fingerprint density at radius 3 is 2.67 bits per heavy atom. The summed E-state index contributed by atoms with van der Waals surface area (Å²) >= 11 is 0. The second-order valence-electron chi connectivity index (χ2n) is 4.93. The molecule has 0 aliphatic carbocycles. The highest BCUT2D eigenvalue weighted by Gasteiger charge is 2.24. The number of carbonyl (C=O) groups excluding carboxylic acids is 1. The van der Waals surface area contributed by atoms with Crippen LogP contribution in [0.4, 0.5) is 0 Å². The van der Waals surface area contributed by atoms with Crippen LogP contribution in [0.25, 0.3) is 5.69 Å². The van der Waals surface area contributed by atoms with Gasteiger partial charge in [-0.05, 0) is 24.1 Å². The molecule has 21 heavy (non-hydrogen) atoms. The Morgan fingerprint density at radius 1 is 1.33 bits per heavy atom.